The van der Waals surface area contributed by atoms with Crippen LogP contribution in [0, 0.1) is 13.8 Å². The topological polar surface area (TPSA) is 56.2 Å². The van der Waals surface area contributed by atoms with Gasteiger partial charge in [-0.05, 0) is 55.8 Å². The summed E-state index contributed by atoms with van der Waals surface area (Å²) in [6.07, 6.45) is 0. The van der Waals surface area contributed by atoms with Gasteiger partial charge in [-0.2, -0.15) is 5.10 Å². The van der Waals surface area contributed by atoms with Gasteiger partial charge in [0.1, 0.15) is 12.4 Å². The van der Waals surface area contributed by atoms with Crippen LogP contribution in [0.4, 0.5) is 0 Å². The highest BCUT2D eigenvalue weighted by Gasteiger charge is 2.08. The maximum Gasteiger partial charge on any atom is 0.251 e. The van der Waals surface area contributed by atoms with Gasteiger partial charge in [-0.15, -0.1) is 0 Å². The van der Waals surface area contributed by atoms with Crippen LogP contribution in [0.1, 0.15) is 27.3 Å². The Morgan fingerprint density at radius 2 is 1.96 bits per heavy atom. The molecule has 5 nitrogen and oxygen atoms in total. The van der Waals surface area contributed by atoms with Gasteiger partial charge >= 0.3 is 0 Å². The summed E-state index contributed by atoms with van der Waals surface area (Å²) in [5, 5.41) is 7.96. The predicted molar refractivity (Wildman–Crippen MR) is 107 cm³/mol. The Hall–Kier alpha value is -2.79. The van der Waals surface area contributed by atoms with E-state index in [0.29, 0.717) is 36.0 Å². The molecule has 0 saturated carbocycles. The molecule has 1 amide bonds. The molecule has 27 heavy (non-hydrogen) atoms. The van der Waals surface area contributed by atoms with Crippen molar-refractivity contribution in [3.05, 3.63) is 82.1 Å². The van der Waals surface area contributed by atoms with Crippen molar-refractivity contribution in [2.75, 3.05) is 13.2 Å². The lowest BCUT2D eigenvalue weighted by Gasteiger charge is -2.09. The minimum atomic E-state index is -0.125. The number of ether oxygens (including phenoxy) is 1. The lowest BCUT2D eigenvalue weighted by atomic mass is 10.1. The number of hydrogen-bond donors (Lipinski definition) is 1. The van der Waals surface area contributed by atoms with Crippen LogP contribution in [-0.2, 0) is 6.54 Å². The lowest BCUT2D eigenvalue weighted by Crippen LogP contribution is -2.28. The molecular formula is C21H22ClN3O2. The Morgan fingerprint density at radius 1 is 1.15 bits per heavy atom. The fourth-order valence-electron chi connectivity index (χ4n) is 2.81. The molecule has 0 aliphatic carbocycles. The summed E-state index contributed by atoms with van der Waals surface area (Å²) in [7, 11) is 0. The van der Waals surface area contributed by atoms with E-state index in [2.05, 4.69) is 10.4 Å². The van der Waals surface area contributed by atoms with Crippen LogP contribution >= 0.6 is 11.6 Å². The molecule has 3 rings (SSSR count). The highest BCUT2D eigenvalue weighted by molar-refractivity contribution is 6.30. The van der Waals surface area contributed by atoms with Gasteiger partial charge in [0.15, 0.2) is 0 Å². The summed E-state index contributed by atoms with van der Waals surface area (Å²) >= 11 is 5.92. The van der Waals surface area contributed by atoms with Crippen LogP contribution in [0.3, 0.4) is 0 Å². The number of carbonyl (C=O) groups is 1. The SMILES string of the molecule is Cc1cc(C)n(Cc2cccc(C(=O)NCCOc3cccc(Cl)c3)c2)n1. The number of amides is 1. The summed E-state index contributed by atoms with van der Waals surface area (Å²) in [5.74, 6) is 0.559. The first-order valence-corrected chi connectivity index (χ1v) is 9.15. The summed E-state index contributed by atoms with van der Waals surface area (Å²) < 4.78 is 7.52. The van der Waals surface area contributed by atoms with E-state index in [4.69, 9.17) is 16.3 Å². The van der Waals surface area contributed by atoms with Gasteiger partial charge in [0, 0.05) is 16.3 Å². The van der Waals surface area contributed by atoms with Crippen molar-refractivity contribution in [1.82, 2.24) is 15.1 Å². The molecule has 0 atom stereocenters. The molecule has 0 aliphatic heterocycles. The van der Waals surface area contributed by atoms with Gasteiger partial charge in [-0.25, -0.2) is 0 Å². The molecule has 0 spiro atoms. The largest absolute Gasteiger partial charge is 0.492 e. The summed E-state index contributed by atoms with van der Waals surface area (Å²) in [6.45, 7) is 5.42. The van der Waals surface area contributed by atoms with Gasteiger partial charge in [-0.3, -0.25) is 9.48 Å². The second kappa shape index (κ2) is 8.73. The molecule has 3 aromatic rings. The minimum Gasteiger partial charge on any atom is -0.492 e. The maximum absolute atomic E-state index is 12.4. The Kier molecular flexibility index (Phi) is 6.14. The second-order valence-electron chi connectivity index (χ2n) is 6.35. The molecule has 0 aliphatic rings. The van der Waals surface area contributed by atoms with Crippen molar-refractivity contribution < 1.29 is 9.53 Å². The average molecular weight is 384 g/mol. The van der Waals surface area contributed by atoms with Crippen LogP contribution in [0.15, 0.2) is 54.6 Å². The monoisotopic (exact) mass is 383 g/mol. The van der Waals surface area contributed by atoms with E-state index in [1.165, 1.54) is 0 Å². The predicted octanol–water partition coefficient (Wildman–Crippen LogP) is 4.01. The van der Waals surface area contributed by atoms with Crippen molar-refractivity contribution in [2.45, 2.75) is 20.4 Å². The molecular weight excluding hydrogens is 362 g/mol. The zero-order chi connectivity index (χ0) is 19.2. The zero-order valence-corrected chi connectivity index (χ0v) is 16.2. The summed E-state index contributed by atoms with van der Waals surface area (Å²) in [4.78, 5) is 12.4. The molecule has 1 heterocycles. The van der Waals surface area contributed by atoms with E-state index in [1.807, 2.05) is 54.9 Å². The normalized spacial score (nSPS) is 10.6. The molecule has 1 N–H and O–H groups in total. The molecule has 0 radical (unpaired) electrons. The van der Waals surface area contributed by atoms with E-state index in [0.717, 1.165) is 17.0 Å². The number of carbonyl (C=O) groups excluding carboxylic acids is 1. The molecule has 140 valence electrons. The second-order valence-corrected chi connectivity index (χ2v) is 6.78. The fraction of sp³-hybridized carbons (Fsp3) is 0.238. The van der Waals surface area contributed by atoms with E-state index in [9.17, 15) is 4.79 Å². The quantitative estimate of drug-likeness (QED) is 0.627. The van der Waals surface area contributed by atoms with Crippen molar-refractivity contribution in [2.24, 2.45) is 0 Å². The van der Waals surface area contributed by atoms with Gasteiger partial charge in [0.2, 0.25) is 0 Å². The van der Waals surface area contributed by atoms with Crippen LogP contribution in [0.2, 0.25) is 5.02 Å². The standard InChI is InChI=1S/C21H22ClN3O2/c1-15-11-16(2)25(24-15)14-17-5-3-6-18(12-17)21(26)23-9-10-27-20-8-4-7-19(22)13-20/h3-8,11-13H,9-10,14H2,1-2H3,(H,23,26). The smallest absolute Gasteiger partial charge is 0.251 e. The van der Waals surface area contributed by atoms with Crippen molar-refractivity contribution in [3.63, 3.8) is 0 Å². The lowest BCUT2D eigenvalue weighted by molar-refractivity contribution is 0.0947. The van der Waals surface area contributed by atoms with E-state index >= 15 is 0 Å². The fourth-order valence-corrected chi connectivity index (χ4v) is 2.99. The summed E-state index contributed by atoms with van der Waals surface area (Å²) in [6, 6.07) is 16.8. The Balaban J connectivity index is 1.53. The number of hydrogen-bond acceptors (Lipinski definition) is 3. The molecule has 0 bridgehead atoms. The molecule has 2 aromatic carbocycles. The number of rotatable bonds is 7. The van der Waals surface area contributed by atoms with E-state index in [1.54, 1.807) is 18.2 Å². The van der Waals surface area contributed by atoms with Crippen molar-refractivity contribution in [3.8, 4) is 5.75 Å². The van der Waals surface area contributed by atoms with Crippen LogP contribution in [-0.4, -0.2) is 28.8 Å². The van der Waals surface area contributed by atoms with E-state index < -0.39 is 0 Å². The van der Waals surface area contributed by atoms with E-state index in [-0.39, 0.29) is 5.91 Å². The third-order valence-corrected chi connectivity index (χ3v) is 4.31. The number of halogens is 1. The number of aromatic nitrogens is 2. The molecule has 0 saturated heterocycles. The third kappa shape index (κ3) is 5.34. The first-order chi connectivity index (χ1) is 13.0. The van der Waals surface area contributed by atoms with Gasteiger partial charge in [0.05, 0.1) is 18.8 Å². The maximum atomic E-state index is 12.4. The van der Waals surface area contributed by atoms with Crippen LogP contribution < -0.4 is 10.1 Å². The molecule has 0 unspecified atom stereocenters. The number of aryl methyl sites for hydroxylation is 2. The zero-order valence-electron chi connectivity index (χ0n) is 15.4. The highest BCUT2D eigenvalue weighted by atomic mass is 35.5. The highest BCUT2D eigenvalue weighted by Crippen LogP contribution is 2.16. The molecule has 0 fully saturated rings. The van der Waals surface area contributed by atoms with Gasteiger partial charge in [0.25, 0.3) is 5.91 Å². The Morgan fingerprint density at radius 3 is 2.70 bits per heavy atom. The first kappa shape index (κ1) is 19.0. The average Bonchev–Trinajstić information content (AvgIpc) is 2.96. The third-order valence-electron chi connectivity index (χ3n) is 4.08. The molecule has 1 aromatic heterocycles. The number of nitrogens with one attached hydrogen (secondary N) is 1. The molecule has 6 heteroatoms. The minimum absolute atomic E-state index is 0.125. The van der Waals surface area contributed by atoms with Crippen molar-refractivity contribution >= 4 is 17.5 Å². The van der Waals surface area contributed by atoms with Crippen molar-refractivity contribution in [1.29, 1.82) is 0 Å². The Labute approximate surface area is 163 Å². The van der Waals surface area contributed by atoms with Crippen LogP contribution in [0.25, 0.3) is 0 Å². The number of nitrogens with zero attached hydrogens (tertiary/aromatic N) is 2. The first-order valence-electron chi connectivity index (χ1n) is 8.78. The van der Waals surface area contributed by atoms with Crippen LogP contribution in [0.5, 0.6) is 5.75 Å². The Bertz CT molecular complexity index is 937. The summed E-state index contributed by atoms with van der Waals surface area (Å²) in [5.41, 5.74) is 3.74. The van der Waals surface area contributed by atoms with Gasteiger partial charge in [-0.1, -0.05) is 29.8 Å². The van der Waals surface area contributed by atoms with Gasteiger partial charge < -0.3 is 10.1 Å². The number of benzene rings is 2.